The third-order valence-electron chi connectivity index (χ3n) is 5.78. The van der Waals surface area contributed by atoms with Gasteiger partial charge in [0.25, 0.3) is 5.91 Å². The number of ether oxygens (including phenoxy) is 1. The van der Waals surface area contributed by atoms with Crippen LogP contribution in [0.4, 0.5) is 10.1 Å². The number of nitrogens with zero attached hydrogens (tertiary/aromatic N) is 2. The number of benzene rings is 1. The van der Waals surface area contributed by atoms with Gasteiger partial charge in [-0.15, -0.1) is 0 Å². The van der Waals surface area contributed by atoms with E-state index >= 15 is 0 Å². The van der Waals surface area contributed by atoms with Gasteiger partial charge in [-0.2, -0.15) is 0 Å². The number of carbonyl (C=O) groups is 2. The lowest BCUT2D eigenvalue weighted by atomic mass is 9.84. The number of anilines is 1. The van der Waals surface area contributed by atoms with E-state index in [0.29, 0.717) is 18.6 Å². The first kappa shape index (κ1) is 15.6. The van der Waals surface area contributed by atoms with Crippen LogP contribution < -0.4 is 4.90 Å². The number of amides is 1. The van der Waals surface area contributed by atoms with E-state index < -0.39 is 5.54 Å². The molecule has 0 saturated carbocycles. The predicted octanol–water partition coefficient (Wildman–Crippen LogP) is 2.04. The standard InChI is InChI=1S/C18H21FN2O3/c1-3-24-16(22)12-10-18(21-8-4-5-14(12)21)13-9-11(19)6-7-15(13)20(2)17(18)23/h6-7,9,12,14H,3-5,8,10H2,1-2H3/t12-,14-,18+/m1/s1. The van der Waals surface area contributed by atoms with Gasteiger partial charge >= 0.3 is 5.97 Å². The van der Waals surface area contributed by atoms with Crippen LogP contribution in [0.5, 0.6) is 0 Å². The monoisotopic (exact) mass is 332 g/mol. The second-order valence-electron chi connectivity index (χ2n) is 6.85. The molecule has 0 bridgehead atoms. The van der Waals surface area contributed by atoms with Crippen LogP contribution in [0.2, 0.25) is 0 Å². The van der Waals surface area contributed by atoms with Crippen molar-refractivity contribution in [2.24, 2.45) is 5.92 Å². The maximum atomic E-state index is 13.9. The Morgan fingerprint density at radius 1 is 1.46 bits per heavy atom. The Morgan fingerprint density at radius 2 is 2.25 bits per heavy atom. The normalized spacial score (nSPS) is 31.6. The molecule has 0 unspecified atom stereocenters. The zero-order valence-electron chi connectivity index (χ0n) is 13.9. The summed E-state index contributed by atoms with van der Waals surface area (Å²) >= 11 is 0. The smallest absolute Gasteiger partial charge is 0.310 e. The zero-order valence-corrected chi connectivity index (χ0v) is 13.9. The molecule has 0 N–H and O–H groups in total. The average Bonchev–Trinajstić information content (AvgIpc) is 3.19. The number of carbonyl (C=O) groups excluding carboxylic acids is 2. The number of esters is 1. The molecule has 0 radical (unpaired) electrons. The lowest BCUT2D eigenvalue weighted by Crippen LogP contribution is -2.49. The van der Waals surface area contributed by atoms with Gasteiger partial charge in [0, 0.05) is 24.3 Å². The molecule has 2 saturated heterocycles. The van der Waals surface area contributed by atoms with E-state index in [0.717, 1.165) is 25.1 Å². The van der Waals surface area contributed by atoms with Crippen molar-refractivity contribution >= 4 is 17.6 Å². The minimum absolute atomic E-state index is 0.00406. The van der Waals surface area contributed by atoms with Gasteiger partial charge in [-0.1, -0.05) is 0 Å². The second-order valence-corrected chi connectivity index (χ2v) is 6.85. The largest absolute Gasteiger partial charge is 0.466 e. The molecule has 1 spiro atoms. The number of fused-ring (bicyclic) bond motifs is 4. The summed E-state index contributed by atoms with van der Waals surface area (Å²) in [6, 6.07) is 4.48. The third kappa shape index (κ3) is 1.83. The predicted molar refractivity (Wildman–Crippen MR) is 86.0 cm³/mol. The Labute approximate surface area is 140 Å². The SMILES string of the molecule is CCOC(=O)[C@@H]1C[C@]2(C(=O)N(C)c3ccc(F)cc32)N2CCC[C@H]12. The topological polar surface area (TPSA) is 49.9 Å². The molecule has 6 heteroatoms. The van der Waals surface area contributed by atoms with Gasteiger partial charge in [0.2, 0.25) is 0 Å². The lowest BCUT2D eigenvalue weighted by Gasteiger charge is -2.33. The highest BCUT2D eigenvalue weighted by molar-refractivity contribution is 6.08. The molecule has 0 aliphatic carbocycles. The van der Waals surface area contributed by atoms with Crippen molar-refractivity contribution in [3.8, 4) is 0 Å². The van der Waals surface area contributed by atoms with Crippen LogP contribution in [0, 0.1) is 11.7 Å². The first-order valence-electron chi connectivity index (χ1n) is 8.52. The Kier molecular flexibility index (Phi) is 3.42. The van der Waals surface area contributed by atoms with Gasteiger partial charge in [-0.05, 0) is 50.9 Å². The summed E-state index contributed by atoms with van der Waals surface area (Å²) in [7, 11) is 1.72. The van der Waals surface area contributed by atoms with Gasteiger partial charge in [0.05, 0.1) is 12.5 Å². The Hall–Kier alpha value is -1.95. The molecule has 1 aromatic rings. The summed E-state index contributed by atoms with van der Waals surface area (Å²) in [6.07, 6.45) is 2.17. The fraction of sp³-hybridized carbons (Fsp3) is 0.556. The van der Waals surface area contributed by atoms with Crippen molar-refractivity contribution in [1.82, 2.24) is 4.90 Å². The molecule has 1 aromatic carbocycles. The number of hydrogen-bond acceptors (Lipinski definition) is 4. The van der Waals surface area contributed by atoms with Crippen molar-refractivity contribution in [3.05, 3.63) is 29.6 Å². The molecule has 1 amide bonds. The van der Waals surface area contributed by atoms with Gasteiger partial charge in [0.15, 0.2) is 0 Å². The Morgan fingerprint density at radius 3 is 3.00 bits per heavy atom. The maximum absolute atomic E-state index is 13.9. The molecular formula is C18H21FN2O3. The quantitative estimate of drug-likeness (QED) is 0.778. The molecule has 3 atom stereocenters. The first-order chi connectivity index (χ1) is 11.5. The van der Waals surface area contributed by atoms with Crippen LogP contribution in [-0.4, -0.2) is 43.0 Å². The second kappa shape index (κ2) is 5.28. The van der Waals surface area contributed by atoms with E-state index in [2.05, 4.69) is 4.90 Å². The average molecular weight is 332 g/mol. The summed E-state index contributed by atoms with van der Waals surface area (Å²) in [5, 5.41) is 0. The molecule has 2 fully saturated rings. The molecular weight excluding hydrogens is 311 g/mol. The molecule has 3 aliphatic rings. The van der Waals surface area contributed by atoms with Crippen molar-refractivity contribution < 1.29 is 18.7 Å². The maximum Gasteiger partial charge on any atom is 0.310 e. The summed E-state index contributed by atoms with van der Waals surface area (Å²) in [5.41, 5.74) is 0.496. The van der Waals surface area contributed by atoms with Crippen molar-refractivity contribution in [2.75, 3.05) is 25.1 Å². The molecule has 0 aromatic heterocycles. The molecule has 5 nitrogen and oxygen atoms in total. The van der Waals surface area contributed by atoms with Gasteiger partial charge in [0.1, 0.15) is 11.4 Å². The van der Waals surface area contributed by atoms with Gasteiger partial charge < -0.3 is 9.64 Å². The fourth-order valence-electron chi connectivity index (χ4n) is 4.85. The van der Waals surface area contributed by atoms with Crippen LogP contribution in [0.1, 0.15) is 31.7 Å². The van der Waals surface area contributed by atoms with E-state index in [1.165, 1.54) is 12.1 Å². The van der Waals surface area contributed by atoms with E-state index in [9.17, 15) is 14.0 Å². The summed E-state index contributed by atoms with van der Waals surface area (Å²) < 4.78 is 19.2. The number of likely N-dealkylation sites (N-methyl/N-ethyl adjacent to an activating group) is 1. The Bertz CT molecular complexity index is 722. The summed E-state index contributed by atoms with van der Waals surface area (Å²) in [5.74, 6) is -1.00. The minimum atomic E-state index is -0.926. The van der Waals surface area contributed by atoms with E-state index in [1.54, 1.807) is 24.9 Å². The highest BCUT2D eigenvalue weighted by atomic mass is 19.1. The van der Waals surface area contributed by atoms with Crippen molar-refractivity contribution in [3.63, 3.8) is 0 Å². The molecule has 3 heterocycles. The third-order valence-corrected chi connectivity index (χ3v) is 5.78. The van der Waals surface area contributed by atoms with Gasteiger partial charge in [-0.25, -0.2) is 4.39 Å². The number of halogens is 1. The summed E-state index contributed by atoms with van der Waals surface area (Å²) in [6.45, 7) is 2.86. The minimum Gasteiger partial charge on any atom is -0.466 e. The highest BCUT2D eigenvalue weighted by Crippen LogP contribution is 2.55. The summed E-state index contributed by atoms with van der Waals surface area (Å²) in [4.78, 5) is 29.3. The zero-order chi connectivity index (χ0) is 17.1. The number of rotatable bonds is 2. The van der Waals surface area contributed by atoms with Crippen molar-refractivity contribution in [1.29, 1.82) is 0 Å². The van der Waals surface area contributed by atoms with E-state index in [4.69, 9.17) is 4.74 Å². The molecule has 24 heavy (non-hydrogen) atoms. The van der Waals surface area contributed by atoms with Gasteiger partial charge in [-0.3, -0.25) is 14.5 Å². The first-order valence-corrected chi connectivity index (χ1v) is 8.52. The number of hydrogen-bond donors (Lipinski definition) is 0. The highest BCUT2D eigenvalue weighted by Gasteiger charge is 2.64. The molecule has 128 valence electrons. The van der Waals surface area contributed by atoms with E-state index in [1.807, 2.05) is 0 Å². The fourth-order valence-corrected chi connectivity index (χ4v) is 4.85. The molecule has 4 rings (SSSR count). The van der Waals surface area contributed by atoms with Crippen LogP contribution in [0.25, 0.3) is 0 Å². The van der Waals surface area contributed by atoms with Crippen molar-refractivity contribution in [2.45, 2.75) is 37.8 Å². The molecule has 3 aliphatic heterocycles. The van der Waals surface area contributed by atoms with Crippen LogP contribution >= 0.6 is 0 Å². The lowest BCUT2D eigenvalue weighted by molar-refractivity contribution is -0.148. The van der Waals surface area contributed by atoms with Crippen LogP contribution in [-0.2, 0) is 19.9 Å². The Balaban J connectivity index is 1.84. The van der Waals surface area contributed by atoms with E-state index in [-0.39, 0.29) is 29.7 Å². The van der Waals surface area contributed by atoms with Crippen LogP contribution in [0.3, 0.4) is 0 Å². The van der Waals surface area contributed by atoms with Crippen LogP contribution in [0.15, 0.2) is 18.2 Å².